The van der Waals surface area contributed by atoms with Crippen LogP contribution in [0.25, 0.3) is 0 Å². The molecule has 1 fully saturated rings. The first kappa shape index (κ1) is 15.1. The maximum Gasteiger partial charge on any atom is 0.254 e. The number of amides is 1. The van der Waals surface area contributed by atoms with Crippen LogP contribution in [0.15, 0.2) is 16.7 Å². The summed E-state index contributed by atoms with van der Waals surface area (Å²) in [5, 5.41) is 2.98. The van der Waals surface area contributed by atoms with Crippen molar-refractivity contribution in [1.82, 2.24) is 5.32 Å². The molecule has 2 rings (SSSR count). The Hall–Kier alpha value is -1.00. The van der Waals surface area contributed by atoms with Crippen LogP contribution < -0.4 is 11.1 Å². The summed E-state index contributed by atoms with van der Waals surface area (Å²) in [5.41, 5.74) is 6.32. The minimum atomic E-state index is -0.0691. The van der Waals surface area contributed by atoms with Crippen LogP contribution in [0.1, 0.15) is 42.8 Å². The fraction of sp³-hybridized carbons (Fsp3) is 0.615. The number of hydrogen-bond acceptors (Lipinski definition) is 3. The van der Waals surface area contributed by atoms with Crippen molar-refractivity contribution < 1.29 is 9.21 Å². The van der Waals surface area contributed by atoms with Crippen LogP contribution in [-0.2, 0) is 6.54 Å². The molecule has 0 bridgehead atoms. The lowest BCUT2D eigenvalue weighted by molar-refractivity contribution is 0.0939. The Labute approximate surface area is 114 Å². The van der Waals surface area contributed by atoms with Crippen molar-refractivity contribution >= 4 is 18.3 Å². The van der Waals surface area contributed by atoms with Crippen LogP contribution in [-0.4, -0.2) is 12.5 Å². The SMILES string of the molecule is CC(C)C1(CNC(=O)c2coc(CN)c2)CC1.Cl. The molecule has 5 heteroatoms. The zero-order valence-electron chi connectivity index (χ0n) is 10.9. The second-order valence-electron chi connectivity index (χ2n) is 5.21. The number of carbonyl (C=O) groups excluding carboxylic acids is 1. The van der Waals surface area contributed by atoms with Gasteiger partial charge in [-0.25, -0.2) is 0 Å². The second kappa shape index (κ2) is 5.76. The molecule has 1 heterocycles. The second-order valence-corrected chi connectivity index (χ2v) is 5.21. The first-order valence-electron chi connectivity index (χ1n) is 6.13. The summed E-state index contributed by atoms with van der Waals surface area (Å²) < 4.78 is 5.14. The highest BCUT2D eigenvalue weighted by atomic mass is 35.5. The van der Waals surface area contributed by atoms with Crippen molar-refractivity contribution in [3.63, 3.8) is 0 Å². The zero-order valence-corrected chi connectivity index (χ0v) is 11.7. The molecule has 0 unspecified atom stereocenters. The summed E-state index contributed by atoms with van der Waals surface area (Å²) in [7, 11) is 0. The Balaban J connectivity index is 0.00000162. The summed E-state index contributed by atoms with van der Waals surface area (Å²) in [6, 6.07) is 1.70. The van der Waals surface area contributed by atoms with Crippen molar-refractivity contribution in [2.24, 2.45) is 17.1 Å². The maximum absolute atomic E-state index is 11.9. The van der Waals surface area contributed by atoms with Crippen LogP contribution in [0.4, 0.5) is 0 Å². The van der Waals surface area contributed by atoms with E-state index in [1.807, 2.05) is 0 Å². The number of rotatable bonds is 5. The molecular formula is C13H21ClN2O2. The molecule has 0 radical (unpaired) electrons. The molecule has 0 aliphatic heterocycles. The summed E-state index contributed by atoms with van der Waals surface area (Å²) >= 11 is 0. The van der Waals surface area contributed by atoms with E-state index in [1.54, 1.807) is 6.07 Å². The van der Waals surface area contributed by atoms with Gasteiger partial charge in [0.15, 0.2) is 0 Å². The van der Waals surface area contributed by atoms with Crippen LogP contribution in [0.2, 0.25) is 0 Å². The van der Waals surface area contributed by atoms with Gasteiger partial charge in [-0.3, -0.25) is 4.79 Å². The third kappa shape index (κ3) is 3.06. The van der Waals surface area contributed by atoms with Crippen LogP contribution >= 0.6 is 12.4 Å². The molecule has 3 N–H and O–H groups in total. The monoisotopic (exact) mass is 272 g/mol. The zero-order chi connectivity index (χ0) is 12.5. The standard InChI is InChI=1S/C13H20N2O2.ClH/c1-9(2)13(3-4-13)8-15-12(16)10-5-11(6-14)17-7-10;/h5,7,9H,3-4,6,8,14H2,1-2H3,(H,15,16);1H. The predicted octanol–water partition coefficient (Wildman–Crippen LogP) is 2.33. The van der Waals surface area contributed by atoms with Crippen molar-refractivity contribution in [2.75, 3.05) is 6.54 Å². The van der Waals surface area contributed by atoms with Crippen molar-refractivity contribution in [2.45, 2.75) is 33.2 Å². The number of nitrogens with two attached hydrogens (primary N) is 1. The molecule has 0 atom stereocenters. The lowest BCUT2D eigenvalue weighted by Crippen LogP contribution is -2.32. The van der Waals surface area contributed by atoms with Crippen molar-refractivity contribution in [1.29, 1.82) is 0 Å². The Morgan fingerprint density at radius 2 is 2.22 bits per heavy atom. The van der Waals surface area contributed by atoms with E-state index in [1.165, 1.54) is 19.1 Å². The number of nitrogens with one attached hydrogen (secondary N) is 1. The van der Waals surface area contributed by atoms with Gasteiger partial charge in [-0.15, -0.1) is 12.4 Å². The quantitative estimate of drug-likeness (QED) is 0.864. The van der Waals surface area contributed by atoms with Gasteiger partial charge in [-0.05, 0) is 30.2 Å². The smallest absolute Gasteiger partial charge is 0.254 e. The van der Waals surface area contributed by atoms with E-state index < -0.39 is 0 Å². The minimum absolute atomic E-state index is 0. The summed E-state index contributed by atoms with van der Waals surface area (Å²) in [6.07, 6.45) is 3.89. The van der Waals surface area contributed by atoms with Crippen molar-refractivity contribution in [3.8, 4) is 0 Å². The highest BCUT2D eigenvalue weighted by molar-refractivity contribution is 5.94. The predicted molar refractivity (Wildman–Crippen MR) is 72.7 cm³/mol. The third-order valence-corrected chi connectivity index (χ3v) is 3.84. The molecule has 1 amide bonds. The van der Waals surface area contributed by atoms with Crippen LogP contribution in [0, 0.1) is 11.3 Å². The number of halogens is 1. The Kier molecular flexibility index (Phi) is 4.82. The highest BCUT2D eigenvalue weighted by Crippen LogP contribution is 2.51. The minimum Gasteiger partial charge on any atom is -0.467 e. The largest absolute Gasteiger partial charge is 0.467 e. The van der Waals surface area contributed by atoms with E-state index >= 15 is 0 Å². The molecule has 4 nitrogen and oxygen atoms in total. The van der Waals surface area contributed by atoms with E-state index in [0.717, 1.165) is 6.54 Å². The van der Waals surface area contributed by atoms with Gasteiger partial charge in [0.25, 0.3) is 5.91 Å². The third-order valence-electron chi connectivity index (χ3n) is 3.84. The molecular weight excluding hydrogens is 252 g/mol. The van der Waals surface area contributed by atoms with Crippen LogP contribution in [0.5, 0.6) is 0 Å². The average Bonchev–Trinajstić information content (AvgIpc) is 2.96. The van der Waals surface area contributed by atoms with E-state index in [4.69, 9.17) is 10.2 Å². The number of hydrogen-bond donors (Lipinski definition) is 2. The molecule has 0 aromatic carbocycles. The number of furan rings is 1. The molecule has 1 aromatic rings. The molecule has 0 saturated heterocycles. The van der Waals surface area contributed by atoms with Gasteiger partial charge >= 0.3 is 0 Å². The highest BCUT2D eigenvalue weighted by Gasteiger charge is 2.45. The molecule has 18 heavy (non-hydrogen) atoms. The van der Waals surface area contributed by atoms with Gasteiger partial charge in [0.05, 0.1) is 12.1 Å². The Morgan fingerprint density at radius 1 is 1.56 bits per heavy atom. The van der Waals surface area contributed by atoms with E-state index in [0.29, 0.717) is 29.2 Å². The molecule has 1 saturated carbocycles. The average molecular weight is 273 g/mol. The molecule has 102 valence electrons. The Morgan fingerprint density at radius 3 is 2.67 bits per heavy atom. The fourth-order valence-electron chi connectivity index (χ4n) is 2.08. The van der Waals surface area contributed by atoms with Gasteiger partial charge in [-0.2, -0.15) is 0 Å². The van der Waals surface area contributed by atoms with Crippen LogP contribution in [0.3, 0.4) is 0 Å². The maximum atomic E-state index is 11.9. The summed E-state index contributed by atoms with van der Waals surface area (Å²) in [5.74, 6) is 1.19. The van der Waals surface area contributed by atoms with E-state index in [9.17, 15) is 4.79 Å². The first-order valence-corrected chi connectivity index (χ1v) is 6.13. The lowest BCUT2D eigenvalue weighted by atomic mass is 9.92. The normalized spacial score (nSPS) is 16.2. The Bertz CT molecular complexity index is 411. The summed E-state index contributed by atoms with van der Waals surface area (Å²) in [4.78, 5) is 11.9. The summed E-state index contributed by atoms with van der Waals surface area (Å²) in [6.45, 7) is 5.50. The van der Waals surface area contributed by atoms with Gasteiger partial charge in [0.2, 0.25) is 0 Å². The lowest BCUT2D eigenvalue weighted by Gasteiger charge is -2.19. The van der Waals surface area contributed by atoms with Gasteiger partial charge in [0, 0.05) is 6.54 Å². The van der Waals surface area contributed by atoms with E-state index in [2.05, 4.69) is 19.2 Å². The fourth-order valence-corrected chi connectivity index (χ4v) is 2.08. The molecule has 0 spiro atoms. The van der Waals surface area contributed by atoms with E-state index in [-0.39, 0.29) is 18.3 Å². The van der Waals surface area contributed by atoms with Gasteiger partial charge < -0.3 is 15.5 Å². The van der Waals surface area contributed by atoms with Gasteiger partial charge in [0.1, 0.15) is 12.0 Å². The molecule has 1 aromatic heterocycles. The molecule has 1 aliphatic carbocycles. The first-order chi connectivity index (χ1) is 8.07. The topological polar surface area (TPSA) is 68.3 Å². The van der Waals surface area contributed by atoms with Crippen molar-refractivity contribution in [3.05, 3.63) is 23.7 Å². The number of carbonyl (C=O) groups is 1. The van der Waals surface area contributed by atoms with Gasteiger partial charge in [-0.1, -0.05) is 13.8 Å². The molecule has 1 aliphatic rings.